The van der Waals surface area contributed by atoms with E-state index in [4.69, 9.17) is 5.73 Å². The second kappa shape index (κ2) is 3.75. The Morgan fingerprint density at radius 1 is 1.19 bits per heavy atom. The summed E-state index contributed by atoms with van der Waals surface area (Å²) in [6, 6.07) is 8.78. The minimum atomic E-state index is -0.00987. The number of nitrogens with two attached hydrogens (primary N) is 1. The SMILES string of the molecule is NC1(c2cccc(N3CCNCC3)c2)CC1. The average Bonchev–Trinajstić information content (AvgIpc) is 3.10. The highest BCUT2D eigenvalue weighted by Gasteiger charge is 2.40. The molecule has 16 heavy (non-hydrogen) atoms. The van der Waals surface area contributed by atoms with Crippen LogP contribution in [0.1, 0.15) is 18.4 Å². The summed E-state index contributed by atoms with van der Waals surface area (Å²) in [4.78, 5) is 2.44. The Bertz CT molecular complexity index is 379. The van der Waals surface area contributed by atoms with E-state index in [1.807, 2.05) is 0 Å². The Balaban J connectivity index is 1.84. The van der Waals surface area contributed by atoms with E-state index in [0.717, 1.165) is 39.0 Å². The Labute approximate surface area is 96.6 Å². The topological polar surface area (TPSA) is 41.3 Å². The van der Waals surface area contributed by atoms with Crippen molar-refractivity contribution in [3.05, 3.63) is 29.8 Å². The molecule has 0 radical (unpaired) electrons. The molecule has 1 aliphatic carbocycles. The number of hydrogen-bond donors (Lipinski definition) is 2. The summed E-state index contributed by atoms with van der Waals surface area (Å²) in [6.07, 6.45) is 2.27. The van der Waals surface area contributed by atoms with Crippen molar-refractivity contribution in [2.75, 3.05) is 31.1 Å². The lowest BCUT2D eigenvalue weighted by molar-refractivity contribution is 0.588. The minimum Gasteiger partial charge on any atom is -0.369 e. The highest BCUT2D eigenvalue weighted by molar-refractivity contribution is 5.51. The first-order valence-electron chi connectivity index (χ1n) is 6.13. The third-order valence-electron chi connectivity index (χ3n) is 3.69. The van der Waals surface area contributed by atoms with Gasteiger partial charge >= 0.3 is 0 Å². The van der Waals surface area contributed by atoms with Crippen LogP contribution in [0.2, 0.25) is 0 Å². The van der Waals surface area contributed by atoms with Gasteiger partial charge in [-0.2, -0.15) is 0 Å². The summed E-state index contributed by atoms with van der Waals surface area (Å²) in [7, 11) is 0. The Morgan fingerprint density at radius 2 is 1.94 bits per heavy atom. The number of nitrogens with one attached hydrogen (secondary N) is 1. The molecule has 1 aromatic rings. The monoisotopic (exact) mass is 217 g/mol. The van der Waals surface area contributed by atoms with Gasteiger partial charge in [0.15, 0.2) is 0 Å². The second-order valence-electron chi connectivity index (χ2n) is 4.94. The molecule has 0 unspecified atom stereocenters. The van der Waals surface area contributed by atoms with Gasteiger partial charge in [0, 0.05) is 37.4 Å². The summed E-state index contributed by atoms with van der Waals surface area (Å²) >= 11 is 0. The first kappa shape index (κ1) is 10.1. The highest BCUT2D eigenvalue weighted by atomic mass is 15.2. The van der Waals surface area contributed by atoms with E-state index < -0.39 is 0 Å². The summed E-state index contributed by atoms with van der Waals surface area (Å²) < 4.78 is 0. The van der Waals surface area contributed by atoms with Crippen molar-refractivity contribution < 1.29 is 0 Å². The second-order valence-corrected chi connectivity index (χ2v) is 4.94. The van der Waals surface area contributed by atoms with Crippen LogP contribution in [0.15, 0.2) is 24.3 Å². The van der Waals surface area contributed by atoms with Crippen molar-refractivity contribution in [1.82, 2.24) is 5.32 Å². The summed E-state index contributed by atoms with van der Waals surface area (Å²) in [5.41, 5.74) is 8.86. The van der Waals surface area contributed by atoms with E-state index in [-0.39, 0.29) is 5.54 Å². The summed E-state index contributed by atoms with van der Waals surface area (Å²) in [5.74, 6) is 0. The van der Waals surface area contributed by atoms with E-state index in [9.17, 15) is 0 Å². The maximum Gasteiger partial charge on any atom is 0.0412 e. The third kappa shape index (κ3) is 1.81. The lowest BCUT2D eigenvalue weighted by atomic mass is 10.0. The van der Waals surface area contributed by atoms with Gasteiger partial charge in [-0.05, 0) is 30.5 Å². The summed E-state index contributed by atoms with van der Waals surface area (Å²) in [5, 5.41) is 3.38. The predicted molar refractivity (Wildman–Crippen MR) is 66.6 cm³/mol. The molecule has 2 aliphatic rings. The van der Waals surface area contributed by atoms with Crippen LogP contribution in [-0.4, -0.2) is 26.2 Å². The van der Waals surface area contributed by atoms with Crippen LogP contribution in [0.5, 0.6) is 0 Å². The molecule has 1 aromatic carbocycles. The number of nitrogens with zero attached hydrogens (tertiary/aromatic N) is 1. The fourth-order valence-corrected chi connectivity index (χ4v) is 2.36. The predicted octanol–water partition coefficient (Wildman–Crippen LogP) is 1.04. The zero-order valence-electron chi connectivity index (χ0n) is 9.58. The van der Waals surface area contributed by atoms with E-state index in [1.165, 1.54) is 11.3 Å². The number of benzene rings is 1. The van der Waals surface area contributed by atoms with Gasteiger partial charge in [0.1, 0.15) is 0 Å². The molecule has 86 valence electrons. The minimum absolute atomic E-state index is 0.00987. The van der Waals surface area contributed by atoms with E-state index >= 15 is 0 Å². The van der Waals surface area contributed by atoms with Gasteiger partial charge in [0.05, 0.1) is 0 Å². The van der Waals surface area contributed by atoms with Crippen LogP contribution in [0.4, 0.5) is 5.69 Å². The lowest BCUT2D eigenvalue weighted by Crippen LogP contribution is -2.43. The lowest BCUT2D eigenvalue weighted by Gasteiger charge is -2.30. The van der Waals surface area contributed by atoms with Gasteiger partial charge in [-0.25, -0.2) is 0 Å². The molecule has 2 fully saturated rings. The molecular formula is C13H19N3. The quantitative estimate of drug-likeness (QED) is 0.778. The molecule has 0 bridgehead atoms. The molecule has 0 aromatic heterocycles. The largest absolute Gasteiger partial charge is 0.369 e. The molecule has 1 saturated heterocycles. The Kier molecular flexibility index (Phi) is 2.37. The zero-order valence-corrected chi connectivity index (χ0v) is 9.58. The van der Waals surface area contributed by atoms with Crippen molar-refractivity contribution in [2.45, 2.75) is 18.4 Å². The van der Waals surface area contributed by atoms with Gasteiger partial charge in [-0.3, -0.25) is 0 Å². The summed E-state index contributed by atoms with van der Waals surface area (Å²) in [6.45, 7) is 4.36. The number of anilines is 1. The van der Waals surface area contributed by atoms with Crippen LogP contribution >= 0.6 is 0 Å². The fourth-order valence-electron chi connectivity index (χ4n) is 2.36. The van der Waals surface area contributed by atoms with E-state index in [1.54, 1.807) is 0 Å². The molecule has 3 N–H and O–H groups in total. The average molecular weight is 217 g/mol. The molecule has 0 spiro atoms. The molecule has 3 nitrogen and oxygen atoms in total. The number of piperazine rings is 1. The van der Waals surface area contributed by atoms with Crippen LogP contribution in [0.3, 0.4) is 0 Å². The van der Waals surface area contributed by atoms with Gasteiger partial charge in [0.2, 0.25) is 0 Å². The maximum atomic E-state index is 6.24. The number of rotatable bonds is 2. The van der Waals surface area contributed by atoms with Crippen molar-refractivity contribution in [1.29, 1.82) is 0 Å². The first-order valence-corrected chi connectivity index (χ1v) is 6.13. The molecule has 1 aliphatic heterocycles. The molecule has 1 saturated carbocycles. The van der Waals surface area contributed by atoms with E-state index in [0.29, 0.717) is 0 Å². The third-order valence-corrected chi connectivity index (χ3v) is 3.69. The normalized spacial score (nSPS) is 23.2. The van der Waals surface area contributed by atoms with Gasteiger partial charge in [-0.15, -0.1) is 0 Å². The van der Waals surface area contributed by atoms with Crippen molar-refractivity contribution in [2.24, 2.45) is 5.73 Å². The molecular weight excluding hydrogens is 198 g/mol. The standard InChI is InChI=1S/C13H19N3/c14-13(4-5-13)11-2-1-3-12(10-11)16-8-6-15-7-9-16/h1-3,10,15H,4-9,14H2. The fraction of sp³-hybridized carbons (Fsp3) is 0.538. The molecule has 0 amide bonds. The van der Waals surface area contributed by atoms with Crippen molar-refractivity contribution >= 4 is 5.69 Å². The van der Waals surface area contributed by atoms with Crippen LogP contribution in [0, 0.1) is 0 Å². The Hall–Kier alpha value is -1.06. The Morgan fingerprint density at radius 3 is 2.62 bits per heavy atom. The van der Waals surface area contributed by atoms with Crippen molar-refractivity contribution in [3.63, 3.8) is 0 Å². The first-order chi connectivity index (χ1) is 7.78. The number of hydrogen-bond acceptors (Lipinski definition) is 3. The zero-order chi connectivity index (χ0) is 11.0. The van der Waals surface area contributed by atoms with Crippen LogP contribution in [-0.2, 0) is 5.54 Å². The van der Waals surface area contributed by atoms with Crippen molar-refractivity contribution in [3.8, 4) is 0 Å². The van der Waals surface area contributed by atoms with Gasteiger partial charge in [-0.1, -0.05) is 12.1 Å². The molecule has 1 heterocycles. The van der Waals surface area contributed by atoms with Gasteiger partial charge in [0.25, 0.3) is 0 Å². The highest BCUT2D eigenvalue weighted by Crippen LogP contribution is 2.43. The molecule has 0 atom stereocenters. The van der Waals surface area contributed by atoms with E-state index in [2.05, 4.69) is 34.5 Å². The van der Waals surface area contributed by atoms with Gasteiger partial charge < -0.3 is 16.0 Å². The molecule has 3 rings (SSSR count). The van der Waals surface area contributed by atoms with Crippen LogP contribution in [0.25, 0.3) is 0 Å². The van der Waals surface area contributed by atoms with Crippen LogP contribution < -0.4 is 16.0 Å². The smallest absolute Gasteiger partial charge is 0.0412 e. The maximum absolute atomic E-state index is 6.24. The molecule has 3 heteroatoms.